The maximum Gasteiger partial charge on any atom is 0.228 e. The number of hydrogen-bond donors (Lipinski definition) is 2. The van der Waals surface area contributed by atoms with Gasteiger partial charge in [-0.1, -0.05) is 32.8 Å². The summed E-state index contributed by atoms with van der Waals surface area (Å²) in [4.78, 5) is 13.1. The quantitative estimate of drug-likeness (QED) is 0.769. The molecular formula is C15H25NO2S. The molecule has 1 heterocycles. The molecule has 0 aliphatic heterocycles. The SMILES string of the molecule is CCCC(O)(CCC)CNC(=O)C(C)c1cccs1. The van der Waals surface area contributed by atoms with Crippen LogP contribution < -0.4 is 5.32 Å². The first-order chi connectivity index (χ1) is 9.02. The summed E-state index contributed by atoms with van der Waals surface area (Å²) in [6.45, 7) is 6.36. The van der Waals surface area contributed by atoms with Crippen LogP contribution in [0.4, 0.5) is 0 Å². The summed E-state index contributed by atoms with van der Waals surface area (Å²) in [5, 5.41) is 15.3. The van der Waals surface area contributed by atoms with Crippen molar-refractivity contribution in [3.63, 3.8) is 0 Å². The van der Waals surface area contributed by atoms with Crippen molar-refractivity contribution in [1.82, 2.24) is 5.32 Å². The van der Waals surface area contributed by atoms with Crippen LogP contribution in [0.5, 0.6) is 0 Å². The summed E-state index contributed by atoms with van der Waals surface area (Å²) >= 11 is 1.59. The smallest absolute Gasteiger partial charge is 0.228 e. The zero-order valence-corrected chi connectivity index (χ0v) is 12.9. The van der Waals surface area contributed by atoms with E-state index < -0.39 is 5.60 Å². The standard InChI is InChI=1S/C15H25NO2S/c1-4-8-15(18,9-5-2)11-16-14(17)12(3)13-7-6-10-19-13/h6-7,10,12,18H,4-5,8-9,11H2,1-3H3,(H,16,17). The summed E-state index contributed by atoms with van der Waals surface area (Å²) in [5.74, 6) is -0.152. The molecule has 1 rings (SSSR count). The Bertz CT molecular complexity index is 370. The number of carbonyl (C=O) groups excluding carboxylic acids is 1. The Labute approximate surface area is 120 Å². The van der Waals surface area contributed by atoms with Gasteiger partial charge in [0.2, 0.25) is 5.91 Å². The largest absolute Gasteiger partial charge is 0.388 e. The molecule has 0 aliphatic rings. The van der Waals surface area contributed by atoms with E-state index >= 15 is 0 Å². The fourth-order valence-corrected chi connectivity index (χ4v) is 3.09. The van der Waals surface area contributed by atoms with Gasteiger partial charge in [-0.2, -0.15) is 0 Å². The van der Waals surface area contributed by atoms with Crippen molar-refractivity contribution in [3.8, 4) is 0 Å². The molecule has 0 fully saturated rings. The van der Waals surface area contributed by atoms with Gasteiger partial charge in [-0.3, -0.25) is 4.79 Å². The van der Waals surface area contributed by atoms with Gasteiger partial charge in [0.05, 0.1) is 11.5 Å². The first kappa shape index (κ1) is 16.2. The van der Waals surface area contributed by atoms with Crippen LogP contribution in [0.2, 0.25) is 0 Å². The Morgan fingerprint density at radius 1 is 1.42 bits per heavy atom. The van der Waals surface area contributed by atoms with Gasteiger partial charge >= 0.3 is 0 Å². The Balaban J connectivity index is 2.52. The van der Waals surface area contributed by atoms with Crippen molar-refractivity contribution < 1.29 is 9.90 Å². The van der Waals surface area contributed by atoms with Gasteiger partial charge in [-0.15, -0.1) is 11.3 Å². The van der Waals surface area contributed by atoms with Crippen LogP contribution in [0.15, 0.2) is 17.5 Å². The summed E-state index contributed by atoms with van der Waals surface area (Å²) in [7, 11) is 0. The van der Waals surface area contributed by atoms with E-state index in [2.05, 4.69) is 19.2 Å². The van der Waals surface area contributed by atoms with Crippen LogP contribution in [0.3, 0.4) is 0 Å². The highest BCUT2D eigenvalue weighted by Crippen LogP contribution is 2.22. The van der Waals surface area contributed by atoms with E-state index in [1.54, 1.807) is 11.3 Å². The monoisotopic (exact) mass is 283 g/mol. The van der Waals surface area contributed by atoms with E-state index in [1.807, 2.05) is 24.4 Å². The maximum absolute atomic E-state index is 12.1. The van der Waals surface area contributed by atoms with Gasteiger partial charge in [0, 0.05) is 11.4 Å². The fourth-order valence-electron chi connectivity index (χ4n) is 2.30. The summed E-state index contributed by atoms with van der Waals surface area (Å²) in [6.07, 6.45) is 3.31. The molecule has 1 unspecified atom stereocenters. The van der Waals surface area contributed by atoms with Crippen molar-refractivity contribution in [3.05, 3.63) is 22.4 Å². The number of rotatable bonds is 8. The third-order valence-electron chi connectivity index (χ3n) is 3.39. The fraction of sp³-hybridized carbons (Fsp3) is 0.667. The Hall–Kier alpha value is -0.870. The van der Waals surface area contributed by atoms with Crippen molar-refractivity contribution in [1.29, 1.82) is 0 Å². The highest BCUT2D eigenvalue weighted by atomic mass is 32.1. The van der Waals surface area contributed by atoms with Gasteiger partial charge in [0.15, 0.2) is 0 Å². The normalized spacial score (nSPS) is 13.3. The molecule has 0 saturated carbocycles. The highest BCUT2D eigenvalue weighted by Gasteiger charge is 2.26. The second-order valence-corrected chi connectivity index (χ2v) is 6.16. The summed E-state index contributed by atoms with van der Waals surface area (Å²) in [5.41, 5.74) is -0.756. The van der Waals surface area contributed by atoms with Crippen LogP contribution in [0.25, 0.3) is 0 Å². The zero-order valence-electron chi connectivity index (χ0n) is 12.1. The number of thiophene rings is 1. The molecule has 1 amide bonds. The van der Waals surface area contributed by atoms with Crippen LogP contribution in [0.1, 0.15) is 57.2 Å². The number of carbonyl (C=O) groups is 1. The summed E-state index contributed by atoms with van der Waals surface area (Å²) in [6, 6.07) is 3.92. The topological polar surface area (TPSA) is 49.3 Å². The third kappa shape index (κ3) is 4.96. The molecule has 0 spiro atoms. The Morgan fingerprint density at radius 3 is 2.53 bits per heavy atom. The lowest BCUT2D eigenvalue weighted by Gasteiger charge is -2.28. The minimum atomic E-state index is -0.756. The average Bonchev–Trinajstić information content (AvgIpc) is 2.89. The Kier molecular flexibility index (Phi) is 6.52. The molecule has 1 atom stereocenters. The predicted octanol–water partition coefficient (Wildman–Crippen LogP) is 3.30. The number of amides is 1. The molecule has 0 saturated heterocycles. The van der Waals surface area contributed by atoms with E-state index in [0.29, 0.717) is 6.54 Å². The van der Waals surface area contributed by atoms with Gasteiger partial charge in [-0.25, -0.2) is 0 Å². The van der Waals surface area contributed by atoms with Gasteiger partial charge in [0.1, 0.15) is 0 Å². The van der Waals surface area contributed by atoms with Crippen LogP contribution in [-0.4, -0.2) is 23.2 Å². The molecule has 0 aliphatic carbocycles. The maximum atomic E-state index is 12.1. The molecule has 0 bridgehead atoms. The first-order valence-corrected chi connectivity index (χ1v) is 7.94. The molecule has 19 heavy (non-hydrogen) atoms. The van der Waals surface area contributed by atoms with Crippen LogP contribution in [0, 0.1) is 0 Å². The van der Waals surface area contributed by atoms with E-state index in [1.165, 1.54) is 0 Å². The van der Waals surface area contributed by atoms with Crippen molar-refractivity contribution in [2.24, 2.45) is 0 Å². The van der Waals surface area contributed by atoms with Crippen LogP contribution in [-0.2, 0) is 4.79 Å². The lowest BCUT2D eigenvalue weighted by molar-refractivity contribution is -0.123. The van der Waals surface area contributed by atoms with Crippen LogP contribution >= 0.6 is 11.3 Å². The molecule has 108 valence electrons. The van der Waals surface area contributed by atoms with Crippen molar-refractivity contribution in [2.75, 3.05) is 6.54 Å². The third-order valence-corrected chi connectivity index (χ3v) is 4.44. The number of nitrogens with one attached hydrogen (secondary N) is 1. The average molecular weight is 283 g/mol. The molecule has 2 N–H and O–H groups in total. The highest BCUT2D eigenvalue weighted by molar-refractivity contribution is 7.10. The second kappa shape index (κ2) is 7.65. The first-order valence-electron chi connectivity index (χ1n) is 7.06. The van der Waals surface area contributed by atoms with E-state index in [9.17, 15) is 9.90 Å². The molecule has 4 heteroatoms. The summed E-state index contributed by atoms with van der Waals surface area (Å²) < 4.78 is 0. The van der Waals surface area contributed by atoms with Gasteiger partial charge in [0.25, 0.3) is 0 Å². The van der Waals surface area contributed by atoms with Crippen molar-refractivity contribution in [2.45, 2.75) is 58.0 Å². The van der Waals surface area contributed by atoms with E-state index in [4.69, 9.17) is 0 Å². The van der Waals surface area contributed by atoms with Gasteiger partial charge < -0.3 is 10.4 Å². The minimum absolute atomic E-state index is 0.00641. The molecule has 0 aromatic carbocycles. The molecule has 1 aromatic rings. The number of hydrogen-bond acceptors (Lipinski definition) is 3. The second-order valence-electron chi connectivity index (χ2n) is 5.18. The molecule has 3 nitrogen and oxygen atoms in total. The minimum Gasteiger partial charge on any atom is -0.388 e. The van der Waals surface area contributed by atoms with E-state index in [-0.39, 0.29) is 11.8 Å². The van der Waals surface area contributed by atoms with Gasteiger partial charge in [-0.05, 0) is 31.2 Å². The zero-order chi connectivity index (χ0) is 14.3. The lowest BCUT2D eigenvalue weighted by Crippen LogP contribution is -2.43. The number of aliphatic hydroxyl groups is 1. The Morgan fingerprint density at radius 2 is 2.05 bits per heavy atom. The van der Waals surface area contributed by atoms with E-state index in [0.717, 1.165) is 30.6 Å². The molecule has 1 aromatic heterocycles. The lowest BCUT2D eigenvalue weighted by atomic mass is 9.92. The van der Waals surface area contributed by atoms with Crippen molar-refractivity contribution >= 4 is 17.2 Å². The molecule has 0 radical (unpaired) electrons. The molecular weight excluding hydrogens is 258 g/mol. The predicted molar refractivity (Wildman–Crippen MR) is 80.5 cm³/mol.